The van der Waals surface area contributed by atoms with Gasteiger partial charge in [-0.1, -0.05) is 0 Å². The van der Waals surface area contributed by atoms with Gasteiger partial charge in [-0.05, 0) is 6.61 Å². The van der Waals surface area contributed by atoms with Crippen molar-refractivity contribution in [1.29, 1.82) is 0 Å². The van der Waals surface area contributed by atoms with Crippen LogP contribution >= 0.6 is 0 Å². The summed E-state index contributed by atoms with van der Waals surface area (Å²) in [6.07, 6.45) is 0. The molecule has 0 aromatic rings. The predicted octanol–water partition coefficient (Wildman–Crippen LogP) is 0.384. The molecule has 0 rings (SSSR count). The number of rotatable bonds is 1. The van der Waals surface area contributed by atoms with Crippen molar-refractivity contribution in [2.45, 2.75) is 6.92 Å². The molecule has 0 aromatic carbocycles. The molecule has 2 nitrogen and oxygen atoms in total. The maximum Gasteiger partial charge on any atom is 0.299 e. The minimum absolute atomic E-state index is 0. The fourth-order valence-corrected chi connectivity index (χ4v) is 0.144. The maximum atomic E-state index is 9.78. The summed E-state index contributed by atoms with van der Waals surface area (Å²) in [5, 5.41) is 0. The van der Waals surface area contributed by atoms with Crippen LogP contribution in [0.5, 0.6) is 0 Å². The van der Waals surface area contributed by atoms with E-state index in [1.165, 1.54) is 6.92 Å². The summed E-state index contributed by atoms with van der Waals surface area (Å²) in [7, 11) is 0. The van der Waals surface area contributed by atoms with Crippen LogP contribution in [-0.4, -0.2) is 12.6 Å². The monoisotopic (exact) mass is 325 g/mol. The van der Waals surface area contributed by atoms with Gasteiger partial charge in [0.1, 0.15) is 0 Å². The number of carbonyl (C=O) groups excluding carboxylic acids is 1. The second-order valence-corrected chi connectivity index (χ2v) is 0.840. The third-order valence-corrected chi connectivity index (χ3v) is 0.305. The van der Waals surface area contributed by atoms with Gasteiger partial charge in [-0.15, -0.1) is 0 Å². The van der Waals surface area contributed by atoms with Crippen molar-refractivity contribution in [2.75, 3.05) is 6.61 Å². The Bertz CT molecular complexity index is 53.7. The molecule has 3 heteroatoms. The van der Waals surface area contributed by atoms with Crippen LogP contribution in [-0.2, 0) is 9.53 Å². The van der Waals surface area contributed by atoms with Gasteiger partial charge in [-0.3, -0.25) is 4.79 Å². The molecule has 0 heterocycles. The fraction of sp³-hybridized carbons (Fsp3) is 0.500. The van der Waals surface area contributed by atoms with Crippen molar-refractivity contribution < 1.29 is 40.6 Å². The zero-order valence-corrected chi connectivity index (χ0v) is 8.39. The molecule has 0 aliphatic rings. The molecular weight excluding hydrogens is 318 g/mol. The van der Waals surface area contributed by atoms with Crippen molar-refractivity contribution in [2.24, 2.45) is 0 Å². The first-order valence-electron chi connectivity index (χ1n) is 1.70. The van der Waals surface area contributed by atoms with E-state index in [2.05, 4.69) is 11.7 Å². The molecule has 0 amide bonds. The quantitative estimate of drug-likeness (QED) is 0.515. The van der Waals surface area contributed by atoms with Crippen molar-refractivity contribution in [1.82, 2.24) is 0 Å². The van der Waals surface area contributed by atoms with Crippen molar-refractivity contribution in [3.8, 4) is 0 Å². The van der Waals surface area contributed by atoms with Gasteiger partial charge < -0.3 is 11.7 Å². The molecule has 0 atom stereocenters. The summed E-state index contributed by atoms with van der Waals surface area (Å²) in [6, 6.07) is 0. The molecule has 0 radical (unpaired) electrons. The second-order valence-electron chi connectivity index (χ2n) is 0.840. The van der Waals surface area contributed by atoms with Crippen LogP contribution in [0.3, 0.4) is 0 Å². The van der Waals surface area contributed by atoms with Gasteiger partial charge in [-0.25, -0.2) is 0 Å². The van der Waals surface area contributed by atoms with Gasteiger partial charge in [-0.2, -0.15) is 0 Å². The third-order valence-electron chi connectivity index (χ3n) is 0.305. The number of carbonyl (C=O) groups is 1. The van der Waals surface area contributed by atoms with Crippen LogP contribution in [0.15, 0.2) is 0 Å². The SMILES string of the molecule is [CH2-]COC(C)=O.[U]. The van der Waals surface area contributed by atoms with E-state index in [1.807, 2.05) is 0 Å². The molecule has 0 saturated heterocycles. The molecule has 40 valence electrons. The van der Waals surface area contributed by atoms with E-state index in [1.54, 1.807) is 0 Å². The summed E-state index contributed by atoms with van der Waals surface area (Å²) >= 11 is 0. The molecule has 0 fully saturated rings. The minimum atomic E-state index is -0.273. The summed E-state index contributed by atoms with van der Waals surface area (Å²) in [5.41, 5.74) is 0. The van der Waals surface area contributed by atoms with E-state index in [4.69, 9.17) is 0 Å². The van der Waals surface area contributed by atoms with Crippen molar-refractivity contribution in [3.05, 3.63) is 6.92 Å². The molecule has 0 bridgehead atoms. The van der Waals surface area contributed by atoms with Crippen LogP contribution in [0.2, 0.25) is 0 Å². The molecule has 0 N–H and O–H groups in total. The van der Waals surface area contributed by atoms with Gasteiger partial charge in [0.2, 0.25) is 0 Å². The van der Waals surface area contributed by atoms with Gasteiger partial charge in [0.25, 0.3) is 5.97 Å². The van der Waals surface area contributed by atoms with Crippen LogP contribution in [0.4, 0.5) is 0 Å². The Balaban J connectivity index is 0. The van der Waals surface area contributed by atoms with E-state index < -0.39 is 0 Å². The summed E-state index contributed by atoms with van der Waals surface area (Å²) in [4.78, 5) is 9.78. The molecule has 0 aromatic heterocycles. The van der Waals surface area contributed by atoms with Gasteiger partial charge >= 0.3 is 0 Å². The zero-order valence-electron chi connectivity index (χ0n) is 4.23. The summed E-state index contributed by atoms with van der Waals surface area (Å²) in [6.45, 7) is 4.87. The smallest absolute Gasteiger partial charge is 0.299 e. The second kappa shape index (κ2) is 6.52. The van der Waals surface area contributed by atoms with Crippen LogP contribution in [0, 0.1) is 38.0 Å². The first-order chi connectivity index (χ1) is 2.77. The van der Waals surface area contributed by atoms with E-state index in [9.17, 15) is 4.79 Å². The molecule has 7 heavy (non-hydrogen) atoms. The Morgan fingerprint density at radius 2 is 2.29 bits per heavy atom. The molecule has 0 aliphatic carbocycles. The number of ether oxygens (including phenoxy) is 1. The number of esters is 1. The molecule has 0 unspecified atom stereocenters. The average molecular weight is 325 g/mol. The van der Waals surface area contributed by atoms with Gasteiger partial charge in [0.05, 0.1) is 0 Å². The van der Waals surface area contributed by atoms with Crippen LogP contribution in [0.25, 0.3) is 0 Å². The van der Waals surface area contributed by atoms with Crippen LogP contribution < -0.4 is 0 Å². The topological polar surface area (TPSA) is 26.3 Å². The zero-order chi connectivity index (χ0) is 4.99. The number of hydrogen-bond donors (Lipinski definition) is 0. The van der Waals surface area contributed by atoms with Crippen LogP contribution in [0.1, 0.15) is 6.92 Å². The largest absolute Gasteiger partial charge is 0.499 e. The van der Waals surface area contributed by atoms with Gasteiger partial charge in [0.15, 0.2) is 0 Å². The van der Waals surface area contributed by atoms with Crippen molar-refractivity contribution in [3.63, 3.8) is 0 Å². The molecular formula is C4H7O2U-. The van der Waals surface area contributed by atoms with Gasteiger partial charge in [0, 0.05) is 38.0 Å². The Morgan fingerprint density at radius 3 is 2.29 bits per heavy atom. The predicted molar refractivity (Wildman–Crippen MR) is 22.0 cm³/mol. The Morgan fingerprint density at radius 1 is 1.86 bits per heavy atom. The standard InChI is InChI=1S/C4H7O2.U/c1-3-6-4(2)5;/h1,3H2,2H3;/q-1;. The first kappa shape index (κ1) is 10.5. The van der Waals surface area contributed by atoms with E-state index in [0.29, 0.717) is 0 Å². The first-order valence-corrected chi connectivity index (χ1v) is 1.70. The Kier molecular flexibility index (Phi) is 9.78. The Labute approximate surface area is 67.0 Å². The molecule has 0 saturated carbocycles. The van der Waals surface area contributed by atoms with E-state index in [-0.39, 0.29) is 43.7 Å². The minimum Gasteiger partial charge on any atom is -0.499 e. The normalized spacial score (nSPS) is 6.57. The summed E-state index contributed by atoms with van der Waals surface area (Å²) < 4.78 is 4.29. The van der Waals surface area contributed by atoms with E-state index >= 15 is 0 Å². The third kappa shape index (κ3) is 10.8. The molecule has 0 spiro atoms. The fourth-order valence-electron chi connectivity index (χ4n) is 0.144. The maximum absolute atomic E-state index is 9.78. The number of hydrogen-bond acceptors (Lipinski definition) is 2. The molecule has 0 aliphatic heterocycles. The van der Waals surface area contributed by atoms with Crippen molar-refractivity contribution >= 4 is 5.97 Å². The Hall–Kier alpha value is 0.522. The summed E-state index contributed by atoms with van der Waals surface area (Å²) in [5.74, 6) is -0.273. The van der Waals surface area contributed by atoms with E-state index in [0.717, 1.165) is 0 Å². The average Bonchev–Trinajstić information content (AvgIpc) is 1.35.